The van der Waals surface area contributed by atoms with Gasteiger partial charge in [-0.05, 0) is 223 Å². The SMILES string of the molecule is C=CC1=C(CC)N(C(=C)/C=C\CC)c2cc(-c3c(-c4cc(-c5ccc(C(C)(C)C)cc5)cc(-c5ccc(C(C)(C)C)cc5)c4)cccc3-c3cc(-c4ccc(C(C)(C)C)cc4)cc(-c4ccc(C(C)(C)C)cc4)c3)cc3c2B1c1cc(C(C)(C)C)ccc1O3. The van der Waals surface area contributed by atoms with Crippen LogP contribution in [0.5, 0.6) is 11.5 Å². The molecule has 450 valence electrons. The third kappa shape index (κ3) is 12.4. The number of ether oxygens (including phenoxy) is 1. The number of fused-ring (bicyclic) bond motifs is 2. The van der Waals surface area contributed by atoms with Crippen LogP contribution in [0.4, 0.5) is 5.69 Å². The van der Waals surface area contributed by atoms with Crippen molar-refractivity contribution in [3.63, 3.8) is 0 Å². The fourth-order valence-corrected chi connectivity index (χ4v) is 13.2. The molecule has 0 atom stereocenters. The van der Waals surface area contributed by atoms with E-state index in [-0.39, 0.29) is 33.8 Å². The topological polar surface area (TPSA) is 12.5 Å². The molecule has 0 unspecified atom stereocenters. The van der Waals surface area contributed by atoms with Crippen molar-refractivity contribution in [3.8, 4) is 89.4 Å². The third-order valence-electron chi connectivity index (χ3n) is 18.5. The molecule has 0 saturated carbocycles. The zero-order valence-electron chi connectivity index (χ0n) is 56.3. The molecule has 0 aromatic heterocycles. The molecule has 11 rings (SSSR count). The Hall–Kier alpha value is -8.40. The predicted octanol–water partition coefficient (Wildman–Crippen LogP) is 23.2. The van der Waals surface area contributed by atoms with Crippen LogP contribution in [0.2, 0.25) is 0 Å². The van der Waals surface area contributed by atoms with Crippen LogP contribution in [-0.4, -0.2) is 6.71 Å². The standard InChI is InChI=1S/C86H92BNO/c1-20-23-25-55(4)88-76(22-3)74(21-2)87-75-54-71(86(17,18)19)44-45-78(75)89-79-53-66(52-77(88)81(79)87)80-72(64-48-60(56-28-36-67(37-29-56)82(5,6)7)46-61(49-64)57-30-38-68(39-31-57)83(8,9)10)26-24-27-73(80)65-50-62(58-32-40-69(41-33-58)84(11,12)13)47-63(51-65)59-34-42-70(43-35-59)85(14,15)16/h21,23-54H,2,4,20,22H2,1,3,5-19H3/b25-23-. The van der Waals surface area contributed by atoms with Crippen molar-refractivity contribution in [2.24, 2.45) is 0 Å². The Kier molecular flexibility index (Phi) is 16.4. The summed E-state index contributed by atoms with van der Waals surface area (Å²) < 4.78 is 7.43. The molecule has 0 saturated heterocycles. The summed E-state index contributed by atoms with van der Waals surface area (Å²) in [7, 11) is 0. The molecule has 0 fully saturated rings. The molecule has 2 aliphatic heterocycles. The lowest BCUT2D eigenvalue weighted by molar-refractivity contribution is 0.486. The van der Waals surface area contributed by atoms with E-state index in [4.69, 9.17) is 11.3 Å². The lowest BCUT2D eigenvalue weighted by atomic mass is 9.33. The summed E-state index contributed by atoms with van der Waals surface area (Å²) in [6, 6.07) is 70.1. The van der Waals surface area contributed by atoms with Crippen molar-refractivity contribution < 1.29 is 4.74 Å². The molecule has 2 heterocycles. The number of benzene rings is 9. The van der Waals surface area contributed by atoms with E-state index < -0.39 is 0 Å². The Morgan fingerprint density at radius 1 is 0.427 bits per heavy atom. The quantitative estimate of drug-likeness (QED) is 0.0893. The van der Waals surface area contributed by atoms with Gasteiger partial charge in [-0.1, -0.05) is 270 Å². The first-order valence-electron chi connectivity index (χ1n) is 32.4. The average Bonchev–Trinajstić information content (AvgIpc) is 0.728. The van der Waals surface area contributed by atoms with Gasteiger partial charge in [0.15, 0.2) is 0 Å². The molecule has 9 aromatic carbocycles. The minimum absolute atomic E-state index is 0.0170. The maximum atomic E-state index is 7.43. The zero-order valence-corrected chi connectivity index (χ0v) is 56.3. The van der Waals surface area contributed by atoms with Crippen molar-refractivity contribution in [3.05, 3.63) is 258 Å². The number of allylic oxidation sites excluding steroid dienone is 5. The number of rotatable bonds is 12. The number of anilines is 1. The second-order valence-electron chi connectivity index (χ2n) is 30.2. The molecule has 2 nitrogen and oxygen atoms in total. The molecular weight excluding hydrogens is 1070 g/mol. The Bertz CT molecular complexity index is 3910. The highest BCUT2D eigenvalue weighted by Gasteiger charge is 2.43. The molecule has 0 N–H and O–H groups in total. The predicted molar refractivity (Wildman–Crippen MR) is 388 cm³/mol. The fraction of sp³-hybridized carbons (Fsp3) is 0.279. The summed E-state index contributed by atoms with van der Waals surface area (Å²) in [5.74, 6) is 1.71. The minimum atomic E-state index is -0.108. The molecule has 9 aromatic rings. The molecular formula is C86H92BNO. The first kappa shape index (κ1) is 62.2. The Morgan fingerprint density at radius 2 is 0.809 bits per heavy atom. The Morgan fingerprint density at radius 3 is 1.17 bits per heavy atom. The van der Waals surface area contributed by atoms with Crippen LogP contribution in [-0.2, 0) is 27.1 Å². The van der Waals surface area contributed by atoms with Gasteiger partial charge in [-0.15, -0.1) is 0 Å². The molecule has 2 aliphatic rings. The van der Waals surface area contributed by atoms with E-state index >= 15 is 0 Å². The Balaban J connectivity index is 1.25. The van der Waals surface area contributed by atoms with Crippen molar-refractivity contribution >= 4 is 23.3 Å². The summed E-state index contributed by atoms with van der Waals surface area (Å²) in [4.78, 5) is 2.41. The van der Waals surface area contributed by atoms with Crippen LogP contribution in [0.3, 0.4) is 0 Å². The summed E-state index contributed by atoms with van der Waals surface area (Å²) in [5.41, 5.74) is 29.2. The van der Waals surface area contributed by atoms with Gasteiger partial charge in [-0.2, -0.15) is 0 Å². The van der Waals surface area contributed by atoms with E-state index in [2.05, 4.69) is 329 Å². The fourth-order valence-electron chi connectivity index (χ4n) is 13.2. The van der Waals surface area contributed by atoms with Crippen LogP contribution < -0.4 is 20.6 Å². The van der Waals surface area contributed by atoms with Crippen LogP contribution in [0.15, 0.2) is 230 Å². The second-order valence-corrected chi connectivity index (χ2v) is 30.2. The van der Waals surface area contributed by atoms with Crippen LogP contribution >= 0.6 is 0 Å². The maximum absolute atomic E-state index is 7.43. The first-order chi connectivity index (χ1) is 42.0. The summed E-state index contributed by atoms with van der Waals surface area (Å²) >= 11 is 0. The van der Waals surface area contributed by atoms with E-state index in [1.807, 2.05) is 0 Å². The average molecular weight is 1170 g/mol. The largest absolute Gasteiger partial charge is 0.458 e. The summed E-state index contributed by atoms with van der Waals surface area (Å²) in [6.45, 7) is 48.1. The summed E-state index contributed by atoms with van der Waals surface area (Å²) in [6.07, 6.45) is 8.17. The number of hydrogen-bond acceptors (Lipinski definition) is 2. The van der Waals surface area contributed by atoms with Crippen molar-refractivity contribution in [2.75, 3.05) is 4.90 Å². The van der Waals surface area contributed by atoms with E-state index in [9.17, 15) is 0 Å². The normalized spacial score (nSPS) is 13.6. The molecule has 0 spiro atoms. The van der Waals surface area contributed by atoms with E-state index in [0.29, 0.717) is 0 Å². The highest BCUT2D eigenvalue weighted by Crippen LogP contribution is 2.49. The molecule has 0 aliphatic carbocycles. The zero-order chi connectivity index (χ0) is 63.7. The number of nitrogens with zero attached hydrogens (tertiary/aromatic N) is 1. The molecule has 0 bridgehead atoms. The molecule has 0 radical (unpaired) electrons. The van der Waals surface area contributed by atoms with E-state index in [1.165, 1.54) is 66.7 Å². The highest BCUT2D eigenvalue weighted by molar-refractivity contribution is 6.94. The molecule has 89 heavy (non-hydrogen) atoms. The van der Waals surface area contributed by atoms with Gasteiger partial charge in [-0.3, -0.25) is 0 Å². The first-order valence-corrected chi connectivity index (χ1v) is 32.4. The van der Waals surface area contributed by atoms with Crippen LogP contribution in [0.25, 0.3) is 77.9 Å². The van der Waals surface area contributed by atoms with Crippen LogP contribution in [0, 0.1) is 0 Å². The van der Waals surface area contributed by atoms with Gasteiger partial charge in [0.2, 0.25) is 0 Å². The molecule has 3 heteroatoms. The van der Waals surface area contributed by atoms with Crippen molar-refractivity contribution in [1.82, 2.24) is 0 Å². The van der Waals surface area contributed by atoms with Gasteiger partial charge < -0.3 is 9.64 Å². The van der Waals surface area contributed by atoms with Gasteiger partial charge in [-0.25, -0.2) is 0 Å². The lowest BCUT2D eigenvalue weighted by Gasteiger charge is -2.42. The van der Waals surface area contributed by atoms with E-state index in [0.717, 1.165) is 96.8 Å². The smallest absolute Gasteiger partial charge is 0.255 e. The van der Waals surface area contributed by atoms with Crippen molar-refractivity contribution in [2.45, 2.75) is 158 Å². The lowest BCUT2D eigenvalue weighted by Crippen LogP contribution is -2.54. The van der Waals surface area contributed by atoms with Gasteiger partial charge in [0, 0.05) is 17.1 Å². The van der Waals surface area contributed by atoms with Gasteiger partial charge in [0.05, 0.1) is 0 Å². The molecule has 0 amide bonds. The Labute approximate surface area is 534 Å². The van der Waals surface area contributed by atoms with Gasteiger partial charge in [0.1, 0.15) is 11.5 Å². The van der Waals surface area contributed by atoms with E-state index in [1.54, 1.807) is 0 Å². The van der Waals surface area contributed by atoms with Crippen LogP contribution in [0.1, 0.15) is 158 Å². The second kappa shape index (κ2) is 23.5. The monoisotopic (exact) mass is 1170 g/mol. The number of hydrogen-bond donors (Lipinski definition) is 0. The highest BCUT2D eigenvalue weighted by atomic mass is 16.5. The van der Waals surface area contributed by atoms with Gasteiger partial charge in [0.25, 0.3) is 6.71 Å². The van der Waals surface area contributed by atoms with Crippen molar-refractivity contribution in [1.29, 1.82) is 0 Å². The third-order valence-corrected chi connectivity index (χ3v) is 18.5. The minimum Gasteiger partial charge on any atom is -0.458 e. The maximum Gasteiger partial charge on any atom is 0.255 e. The van der Waals surface area contributed by atoms with Gasteiger partial charge >= 0.3 is 0 Å². The summed E-state index contributed by atoms with van der Waals surface area (Å²) in [5, 5.41) is 0.